The summed E-state index contributed by atoms with van der Waals surface area (Å²) in [6.45, 7) is 1.99. The van der Waals surface area contributed by atoms with Crippen molar-refractivity contribution in [3.05, 3.63) is 23.8 Å². The molecule has 0 saturated heterocycles. The summed E-state index contributed by atoms with van der Waals surface area (Å²) in [4.78, 5) is 0. The van der Waals surface area contributed by atoms with Crippen LogP contribution in [0.1, 0.15) is 5.56 Å². The van der Waals surface area contributed by atoms with Crippen molar-refractivity contribution in [1.82, 2.24) is 0 Å². The zero-order valence-electron chi connectivity index (χ0n) is 7.96. The van der Waals surface area contributed by atoms with E-state index in [1.165, 1.54) is 0 Å². The molecular weight excluding hydrogens is 185 g/mol. The third-order valence-corrected chi connectivity index (χ3v) is 2.42. The van der Waals surface area contributed by atoms with Crippen molar-refractivity contribution in [2.75, 3.05) is 11.0 Å². The summed E-state index contributed by atoms with van der Waals surface area (Å²) < 4.78 is 24.2. The van der Waals surface area contributed by atoms with Crippen LogP contribution in [-0.2, 0) is 10.0 Å². The first kappa shape index (κ1) is 10.1. The molecule has 1 rings (SSSR count). The van der Waals surface area contributed by atoms with Gasteiger partial charge in [0.2, 0.25) is 10.0 Å². The summed E-state index contributed by atoms with van der Waals surface area (Å²) in [5, 5.41) is 0. The summed E-state index contributed by atoms with van der Waals surface area (Å²) in [5.41, 5.74) is 2.85. The van der Waals surface area contributed by atoms with Crippen LogP contribution in [0.2, 0.25) is 0 Å². The third kappa shape index (κ3) is 3.10. The molecule has 0 bridgehead atoms. The standard InChI is InChI=1S/C8H12BNO2S/c1-6-3-4-7(5-8(6)9)10-13(2,11)12/h3-5,10H,9H2,1-2H3. The second-order valence-corrected chi connectivity index (χ2v) is 4.92. The van der Waals surface area contributed by atoms with Gasteiger partial charge in [-0.15, -0.1) is 0 Å². The summed E-state index contributed by atoms with van der Waals surface area (Å²) in [5.74, 6) is 0. The highest BCUT2D eigenvalue weighted by atomic mass is 32.2. The molecule has 0 atom stereocenters. The van der Waals surface area contributed by atoms with Crippen molar-refractivity contribution < 1.29 is 8.42 Å². The molecule has 0 heterocycles. The summed E-state index contributed by atoms with van der Waals surface area (Å²) in [6, 6.07) is 5.46. The zero-order chi connectivity index (χ0) is 10.1. The van der Waals surface area contributed by atoms with Crippen molar-refractivity contribution in [3.8, 4) is 0 Å². The second kappa shape index (κ2) is 3.42. The number of nitrogens with one attached hydrogen (secondary N) is 1. The van der Waals surface area contributed by atoms with Crippen LogP contribution in [0, 0.1) is 6.92 Å². The van der Waals surface area contributed by atoms with Crippen LogP contribution in [0.5, 0.6) is 0 Å². The molecule has 0 amide bonds. The lowest BCUT2D eigenvalue weighted by molar-refractivity contribution is 0.607. The van der Waals surface area contributed by atoms with Crippen LogP contribution < -0.4 is 10.2 Å². The molecule has 0 spiro atoms. The normalized spacial score (nSPS) is 11.2. The molecule has 0 fully saturated rings. The van der Waals surface area contributed by atoms with Gasteiger partial charge in [0.15, 0.2) is 0 Å². The molecular formula is C8H12BNO2S. The monoisotopic (exact) mass is 197 g/mol. The lowest BCUT2D eigenvalue weighted by atomic mass is 9.91. The number of benzene rings is 1. The van der Waals surface area contributed by atoms with Crippen molar-refractivity contribution in [3.63, 3.8) is 0 Å². The fourth-order valence-electron chi connectivity index (χ4n) is 1.02. The van der Waals surface area contributed by atoms with E-state index in [9.17, 15) is 8.42 Å². The fraction of sp³-hybridized carbons (Fsp3) is 0.250. The van der Waals surface area contributed by atoms with E-state index in [-0.39, 0.29) is 0 Å². The van der Waals surface area contributed by atoms with Crippen LogP contribution in [0.4, 0.5) is 5.69 Å². The lowest BCUT2D eigenvalue weighted by Gasteiger charge is -2.06. The maximum atomic E-state index is 10.9. The first-order valence-electron chi connectivity index (χ1n) is 3.93. The van der Waals surface area contributed by atoms with E-state index in [1.807, 2.05) is 26.9 Å². The number of hydrogen-bond donors (Lipinski definition) is 1. The molecule has 0 aromatic heterocycles. The van der Waals surface area contributed by atoms with Crippen molar-refractivity contribution >= 4 is 29.0 Å². The van der Waals surface area contributed by atoms with Gasteiger partial charge in [0.1, 0.15) is 7.85 Å². The maximum Gasteiger partial charge on any atom is 0.229 e. The summed E-state index contributed by atoms with van der Waals surface area (Å²) in [7, 11) is -1.21. The minimum Gasteiger partial charge on any atom is -0.284 e. The quantitative estimate of drug-likeness (QED) is 0.657. The van der Waals surface area contributed by atoms with Crippen molar-refractivity contribution in [2.24, 2.45) is 0 Å². The molecule has 0 aliphatic rings. The van der Waals surface area contributed by atoms with Gasteiger partial charge in [0.25, 0.3) is 0 Å². The van der Waals surface area contributed by atoms with Crippen LogP contribution in [0.3, 0.4) is 0 Å². The van der Waals surface area contributed by atoms with Gasteiger partial charge in [0.05, 0.1) is 6.26 Å². The van der Waals surface area contributed by atoms with Crippen LogP contribution in [-0.4, -0.2) is 22.5 Å². The first-order chi connectivity index (χ1) is 5.88. The Morgan fingerprint density at radius 3 is 2.46 bits per heavy atom. The number of anilines is 1. The Bertz CT molecular complexity index is 414. The zero-order valence-corrected chi connectivity index (χ0v) is 8.77. The first-order valence-corrected chi connectivity index (χ1v) is 5.83. The van der Waals surface area contributed by atoms with Gasteiger partial charge in [-0.05, 0) is 19.1 Å². The van der Waals surface area contributed by atoms with Crippen LogP contribution >= 0.6 is 0 Å². The predicted octanol–water partition coefficient (Wildman–Crippen LogP) is -0.375. The van der Waals surface area contributed by atoms with Gasteiger partial charge in [-0.25, -0.2) is 8.42 Å². The van der Waals surface area contributed by atoms with Crippen molar-refractivity contribution in [1.29, 1.82) is 0 Å². The molecule has 1 N–H and O–H groups in total. The Morgan fingerprint density at radius 1 is 1.38 bits per heavy atom. The molecule has 0 radical (unpaired) electrons. The average Bonchev–Trinajstić information content (AvgIpc) is 1.94. The van der Waals surface area contributed by atoms with E-state index in [1.54, 1.807) is 6.07 Å². The van der Waals surface area contributed by atoms with Gasteiger partial charge in [0, 0.05) is 5.69 Å². The van der Waals surface area contributed by atoms with Gasteiger partial charge in [-0.3, -0.25) is 4.72 Å². The number of aryl methyl sites for hydroxylation is 1. The fourth-order valence-corrected chi connectivity index (χ4v) is 1.57. The molecule has 1 aromatic carbocycles. The SMILES string of the molecule is Bc1cc(NS(C)(=O)=O)ccc1C. The van der Waals surface area contributed by atoms with E-state index in [4.69, 9.17) is 0 Å². The number of rotatable bonds is 2. The summed E-state index contributed by atoms with van der Waals surface area (Å²) >= 11 is 0. The lowest BCUT2D eigenvalue weighted by Crippen LogP contribution is -2.13. The molecule has 70 valence electrons. The summed E-state index contributed by atoms with van der Waals surface area (Å²) in [6.07, 6.45) is 1.14. The van der Waals surface area contributed by atoms with Gasteiger partial charge >= 0.3 is 0 Å². The second-order valence-electron chi connectivity index (χ2n) is 3.17. The number of sulfonamides is 1. The Labute approximate surface area is 79.6 Å². The molecule has 3 nitrogen and oxygen atoms in total. The molecule has 5 heteroatoms. The average molecular weight is 197 g/mol. The molecule has 13 heavy (non-hydrogen) atoms. The van der Waals surface area contributed by atoms with Gasteiger partial charge in [-0.1, -0.05) is 17.1 Å². The van der Waals surface area contributed by atoms with E-state index in [2.05, 4.69) is 4.72 Å². The predicted molar refractivity (Wildman–Crippen MR) is 57.8 cm³/mol. The van der Waals surface area contributed by atoms with E-state index < -0.39 is 10.0 Å². The molecule has 1 aromatic rings. The Kier molecular flexibility index (Phi) is 2.66. The molecule has 0 aliphatic heterocycles. The maximum absolute atomic E-state index is 10.9. The smallest absolute Gasteiger partial charge is 0.229 e. The topological polar surface area (TPSA) is 46.2 Å². The van der Waals surface area contributed by atoms with Gasteiger partial charge < -0.3 is 0 Å². The molecule has 0 saturated carbocycles. The van der Waals surface area contributed by atoms with E-state index in [0.29, 0.717) is 5.69 Å². The molecule has 0 unspecified atom stereocenters. The van der Waals surface area contributed by atoms with Crippen LogP contribution in [0.15, 0.2) is 18.2 Å². The Balaban J connectivity index is 2.99. The third-order valence-electron chi connectivity index (χ3n) is 1.81. The number of hydrogen-bond acceptors (Lipinski definition) is 2. The minimum atomic E-state index is -3.16. The Morgan fingerprint density at radius 2 is 2.00 bits per heavy atom. The highest BCUT2D eigenvalue weighted by Crippen LogP contribution is 2.07. The highest BCUT2D eigenvalue weighted by molar-refractivity contribution is 7.92. The largest absolute Gasteiger partial charge is 0.284 e. The van der Waals surface area contributed by atoms with E-state index in [0.717, 1.165) is 17.3 Å². The molecule has 0 aliphatic carbocycles. The Hall–Kier alpha value is -0.965. The minimum absolute atomic E-state index is 0.616. The van der Waals surface area contributed by atoms with Gasteiger partial charge in [-0.2, -0.15) is 0 Å². The van der Waals surface area contributed by atoms with Crippen LogP contribution in [0.25, 0.3) is 0 Å². The van der Waals surface area contributed by atoms with E-state index >= 15 is 0 Å². The highest BCUT2D eigenvalue weighted by Gasteiger charge is 2.01. The van der Waals surface area contributed by atoms with Crippen molar-refractivity contribution in [2.45, 2.75) is 6.92 Å².